The monoisotopic (exact) mass is 685 g/mol. The first-order valence-corrected chi connectivity index (χ1v) is 18.0. The molecule has 0 aliphatic heterocycles. The number of benzene rings is 5. The number of hydrogen-bond acceptors (Lipinski definition) is 2. The van der Waals surface area contributed by atoms with Crippen LogP contribution in [-0.4, -0.2) is 16.9 Å². The molecular formula is C40H37Cl3O2P+. The summed E-state index contributed by atoms with van der Waals surface area (Å²) in [6.07, 6.45) is 5.13. The first kappa shape index (κ1) is 33.8. The van der Waals surface area contributed by atoms with Crippen molar-refractivity contribution in [2.75, 3.05) is 6.61 Å². The Labute approximate surface area is 288 Å². The van der Waals surface area contributed by atoms with Crippen LogP contribution in [0.1, 0.15) is 25.0 Å². The Morgan fingerprint density at radius 2 is 1.04 bits per heavy atom. The number of aromatic hydroxyl groups is 1. The highest BCUT2D eigenvalue weighted by Crippen LogP contribution is 2.66. The lowest BCUT2D eigenvalue weighted by atomic mass is 9.97. The van der Waals surface area contributed by atoms with Crippen LogP contribution in [0.5, 0.6) is 11.5 Å². The molecule has 0 radical (unpaired) electrons. The molecule has 0 aliphatic carbocycles. The van der Waals surface area contributed by atoms with Crippen LogP contribution in [0.2, 0.25) is 15.1 Å². The molecule has 0 fully saturated rings. The van der Waals surface area contributed by atoms with Gasteiger partial charge in [0, 0.05) is 26.2 Å². The van der Waals surface area contributed by atoms with Crippen molar-refractivity contribution in [3.05, 3.63) is 161 Å². The summed E-state index contributed by atoms with van der Waals surface area (Å²) in [7, 11) is -2.46. The molecular weight excluding hydrogens is 650 g/mol. The molecule has 0 atom stereocenters. The van der Waals surface area contributed by atoms with E-state index in [1.807, 2.05) is 66.7 Å². The highest BCUT2D eigenvalue weighted by Gasteiger charge is 2.58. The molecule has 0 amide bonds. The van der Waals surface area contributed by atoms with Gasteiger partial charge in [-0.25, -0.2) is 0 Å². The van der Waals surface area contributed by atoms with Gasteiger partial charge >= 0.3 is 0 Å². The molecule has 1 N–H and O–H groups in total. The second-order valence-electron chi connectivity index (χ2n) is 11.9. The fraction of sp³-hybridized carbons (Fsp3) is 0.150. The third kappa shape index (κ3) is 6.92. The zero-order chi connectivity index (χ0) is 32.9. The first-order chi connectivity index (χ1) is 22.1. The van der Waals surface area contributed by atoms with Crippen LogP contribution in [0, 0.1) is 0 Å². The summed E-state index contributed by atoms with van der Waals surface area (Å²) in [5.41, 5.74) is 3.68. The minimum atomic E-state index is -2.46. The van der Waals surface area contributed by atoms with Crippen molar-refractivity contribution in [3.63, 3.8) is 0 Å². The molecule has 6 heteroatoms. The molecule has 0 unspecified atom stereocenters. The second-order valence-corrected chi connectivity index (χ2v) is 17.3. The molecule has 0 saturated heterocycles. The Hall–Kier alpha value is -3.52. The van der Waals surface area contributed by atoms with Crippen LogP contribution < -0.4 is 20.7 Å². The number of rotatable bonds is 12. The lowest BCUT2D eigenvalue weighted by Gasteiger charge is -2.40. The van der Waals surface area contributed by atoms with Gasteiger partial charge in [-0.2, -0.15) is 0 Å². The SMILES string of the molecule is C=CCc1ccc(O)c(-c2cc(CC=C)ccc2OCC(C)(C)[P+](c2ccc(Cl)cc2)(c2ccc(Cl)cc2)c2ccc(Cl)cc2)c1. The third-order valence-corrected chi connectivity index (χ3v) is 14.2. The number of hydrogen-bond donors (Lipinski definition) is 1. The normalized spacial score (nSPS) is 11.7. The van der Waals surface area contributed by atoms with E-state index in [0.717, 1.165) is 32.6 Å². The fourth-order valence-corrected chi connectivity index (χ4v) is 11.6. The lowest BCUT2D eigenvalue weighted by molar-refractivity contribution is 0.286. The average Bonchev–Trinajstić information content (AvgIpc) is 3.04. The van der Waals surface area contributed by atoms with Crippen LogP contribution in [0.4, 0.5) is 0 Å². The van der Waals surface area contributed by atoms with Crippen LogP contribution in [0.3, 0.4) is 0 Å². The lowest BCUT2D eigenvalue weighted by Crippen LogP contribution is -2.47. The Morgan fingerprint density at radius 1 is 0.630 bits per heavy atom. The molecule has 234 valence electrons. The number of phenolic OH excluding ortho intramolecular Hbond substituents is 1. The van der Waals surface area contributed by atoms with Crippen molar-refractivity contribution in [2.24, 2.45) is 0 Å². The van der Waals surface area contributed by atoms with Gasteiger partial charge < -0.3 is 9.84 Å². The van der Waals surface area contributed by atoms with Gasteiger partial charge in [-0.15, -0.1) is 13.2 Å². The summed E-state index contributed by atoms with van der Waals surface area (Å²) in [5, 5.41) is 16.1. The van der Waals surface area contributed by atoms with Crippen molar-refractivity contribution in [3.8, 4) is 22.6 Å². The van der Waals surface area contributed by atoms with Crippen LogP contribution in [-0.2, 0) is 12.8 Å². The maximum absolute atomic E-state index is 11.0. The number of allylic oxidation sites excluding steroid dienone is 2. The Bertz CT molecular complexity index is 1720. The highest BCUT2D eigenvalue weighted by molar-refractivity contribution is 7.96. The molecule has 0 aromatic heterocycles. The fourth-order valence-electron chi connectivity index (χ4n) is 6.14. The number of phenols is 1. The van der Waals surface area contributed by atoms with Crippen molar-refractivity contribution in [1.29, 1.82) is 0 Å². The van der Waals surface area contributed by atoms with E-state index in [-0.39, 0.29) is 5.75 Å². The van der Waals surface area contributed by atoms with Gasteiger partial charge in [0.25, 0.3) is 0 Å². The molecule has 5 aromatic carbocycles. The summed E-state index contributed by atoms with van der Waals surface area (Å²) >= 11 is 19.3. The summed E-state index contributed by atoms with van der Waals surface area (Å²) in [6, 6.07) is 36.2. The smallest absolute Gasteiger partial charge is 0.128 e. The van der Waals surface area contributed by atoms with E-state index in [9.17, 15) is 5.11 Å². The second kappa shape index (κ2) is 14.5. The van der Waals surface area contributed by atoms with Crippen molar-refractivity contribution in [1.82, 2.24) is 0 Å². The van der Waals surface area contributed by atoms with Gasteiger partial charge in [0.15, 0.2) is 0 Å². The van der Waals surface area contributed by atoms with E-state index < -0.39 is 12.4 Å². The van der Waals surface area contributed by atoms with Crippen LogP contribution in [0.15, 0.2) is 135 Å². The molecule has 0 spiro atoms. The zero-order valence-electron chi connectivity index (χ0n) is 26.0. The third-order valence-electron chi connectivity index (χ3n) is 8.29. The van der Waals surface area contributed by atoms with Gasteiger partial charge in [0.2, 0.25) is 0 Å². The predicted octanol–water partition coefficient (Wildman–Crippen LogP) is 10.6. The minimum Gasteiger partial charge on any atom is -0.507 e. The molecule has 46 heavy (non-hydrogen) atoms. The maximum atomic E-state index is 11.0. The van der Waals surface area contributed by atoms with Gasteiger partial charge in [0.1, 0.15) is 46.4 Å². The van der Waals surface area contributed by atoms with Crippen molar-refractivity contribution < 1.29 is 9.84 Å². The maximum Gasteiger partial charge on any atom is 0.128 e. The zero-order valence-corrected chi connectivity index (χ0v) is 29.2. The molecule has 5 aromatic rings. The molecule has 0 heterocycles. The van der Waals surface area contributed by atoms with Gasteiger partial charge in [-0.3, -0.25) is 0 Å². The van der Waals surface area contributed by atoms with Crippen molar-refractivity contribution >= 4 is 58.0 Å². The van der Waals surface area contributed by atoms with E-state index in [0.29, 0.717) is 45.8 Å². The Kier molecular flexibility index (Phi) is 10.7. The summed E-state index contributed by atoms with van der Waals surface area (Å²) in [5.74, 6) is 0.881. The molecule has 5 rings (SSSR count). The van der Waals surface area contributed by atoms with Gasteiger partial charge in [-0.05, 0) is 135 Å². The summed E-state index contributed by atoms with van der Waals surface area (Å²) in [4.78, 5) is 0. The Balaban J connectivity index is 1.68. The summed E-state index contributed by atoms with van der Waals surface area (Å²) < 4.78 is 6.88. The number of halogens is 3. The first-order valence-electron chi connectivity index (χ1n) is 15.1. The molecule has 0 saturated carbocycles. The van der Waals surface area contributed by atoms with Crippen LogP contribution >= 0.6 is 42.1 Å². The van der Waals surface area contributed by atoms with Gasteiger partial charge in [-0.1, -0.05) is 59.1 Å². The highest BCUT2D eigenvalue weighted by atomic mass is 35.5. The topological polar surface area (TPSA) is 29.5 Å². The molecule has 0 bridgehead atoms. The van der Waals surface area contributed by atoms with E-state index in [4.69, 9.17) is 39.5 Å². The quantitative estimate of drug-likeness (QED) is 0.105. The standard InChI is InChI=1S/C40H36Cl3O2P/c1-5-7-28-9-23-38(44)36(25-28)37-26-29(8-6-2)10-24-39(37)45-27-40(3,4)46(33-17-11-30(41)12-18-33,34-19-13-31(42)14-20-34)35-21-15-32(43)16-22-35/h5-6,9-26H,1-2,7-8,27H2,3-4H3/p+1. The molecule has 0 aliphatic rings. The average molecular weight is 687 g/mol. The number of ether oxygens (including phenoxy) is 1. The molecule has 2 nitrogen and oxygen atoms in total. The van der Waals surface area contributed by atoms with E-state index >= 15 is 0 Å². The minimum absolute atomic E-state index is 0.193. The van der Waals surface area contributed by atoms with Crippen molar-refractivity contribution in [2.45, 2.75) is 31.8 Å². The van der Waals surface area contributed by atoms with E-state index in [2.05, 4.69) is 75.5 Å². The predicted molar refractivity (Wildman–Crippen MR) is 201 cm³/mol. The Morgan fingerprint density at radius 3 is 1.48 bits per heavy atom. The van der Waals surface area contributed by atoms with E-state index in [1.54, 1.807) is 6.07 Å². The van der Waals surface area contributed by atoms with Gasteiger partial charge in [0.05, 0.1) is 0 Å². The largest absolute Gasteiger partial charge is 0.507 e. The summed E-state index contributed by atoms with van der Waals surface area (Å²) in [6.45, 7) is 12.7. The van der Waals surface area contributed by atoms with Crippen LogP contribution in [0.25, 0.3) is 11.1 Å². The van der Waals surface area contributed by atoms with E-state index in [1.165, 1.54) is 0 Å².